The molecule has 2 aromatic heterocycles. The summed E-state index contributed by atoms with van der Waals surface area (Å²) >= 11 is 5.17. The summed E-state index contributed by atoms with van der Waals surface area (Å²) in [5.41, 5.74) is 0.908. The van der Waals surface area contributed by atoms with Gasteiger partial charge in [0.05, 0.1) is 5.56 Å². The molecule has 14 heavy (non-hydrogen) atoms. The van der Waals surface area contributed by atoms with Crippen molar-refractivity contribution in [2.45, 2.75) is 6.92 Å². The molecule has 2 aromatic rings. The molecule has 0 bridgehead atoms. The van der Waals surface area contributed by atoms with Crippen molar-refractivity contribution in [3.63, 3.8) is 0 Å². The van der Waals surface area contributed by atoms with Gasteiger partial charge in [0.15, 0.2) is 5.82 Å². The molecule has 2 heterocycles. The second kappa shape index (κ2) is 3.34. The number of pyridine rings is 1. The predicted octanol–water partition coefficient (Wildman–Crippen LogP) is 1.85. The van der Waals surface area contributed by atoms with E-state index in [1.807, 2.05) is 30.7 Å². The second-order valence-corrected chi connectivity index (χ2v) is 3.45. The van der Waals surface area contributed by atoms with Gasteiger partial charge >= 0.3 is 0 Å². The van der Waals surface area contributed by atoms with Crippen LogP contribution in [0.2, 0.25) is 0 Å². The predicted molar refractivity (Wildman–Crippen MR) is 56.4 cm³/mol. The van der Waals surface area contributed by atoms with E-state index in [2.05, 4.69) is 15.2 Å². The fraction of sp³-hybridized carbons (Fsp3) is 0.222. The summed E-state index contributed by atoms with van der Waals surface area (Å²) in [4.78, 5) is 2.97. The molecule has 0 radical (unpaired) electrons. The molecule has 0 amide bonds. The molecule has 0 unspecified atom stereocenters. The number of hydrogen-bond donors (Lipinski definition) is 1. The Balaban J connectivity index is 2.67. The highest BCUT2D eigenvalue weighted by molar-refractivity contribution is 7.71. The van der Waals surface area contributed by atoms with E-state index in [0.29, 0.717) is 4.64 Å². The van der Waals surface area contributed by atoms with Crippen LogP contribution in [0.15, 0.2) is 18.3 Å². The average Bonchev–Trinajstić information content (AvgIpc) is 2.49. The largest absolute Gasteiger partial charge is 0.352 e. The van der Waals surface area contributed by atoms with E-state index < -0.39 is 0 Å². The van der Waals surface area contributed by atoms with Gasteiger partial charge in [0.25, 0.3) is 0 Å². The summed E-state index contributed by atoms with van der Waals surface area (Å²) < 4.78 is 2.60. The van der Waals surface area contributed by atoms with Gasteiger partial charge in [-0.3, -0.25) is 0 Å². The topological polar surface area (TPSA) is 46.5 Å². The Hall–Kier alpha value is -1.49. The highest BCUT2D eigenvalue weighted by atomic mass is 32.1. The Morgan fingerprint density at radius 3 is 2.79 bits per heavy atom. The van der Waals surface area contributed by atoms with Crippen LogP contribution in [0.25, 0.3) is 11.4 Å². The molecule has 5 heteroatoms. The number of nitrogens with zero attached hydrogens (tertiary/aromatic N) is 3. The van der Waals surface area contributed by atoms with Gasteiger partial charge in [-0.05, 0) is 19.1 Å². The minimum absolute atomic E-state index is 0.683. The summed E-state index contributed by atoms with van der Waals surface area (Å²) in [5.74, 6) is 1.67. The number of aromatic nitrogens is 4. The van der Waals surface area contributed by atoms with Crippen molar-refractivity contribution in [1.29, 1.82) is 0 Å². The molecule has 1 N–H and O–H groups in total. The van der Waals surface area contributed by atoms with Crippen LogP contribution in [-0.2, 0) is 7.05 Å². The van der Waals surface area contributed by atoms with Crippen LogP contribution in [0.1, 0.15) is 5.82 Å². The van der Waals surface area contributed by atoms with Gasteiger partial charge in [-0.25, -0.2) is 0 Å². The summed E-state index contributed by atoms with van der Waals surface area (Å²) in [6, 6.07) is 3.83. The van der Waals surface area contributed by atoms with E-state index in [1.54, 1.807) is 6.20 Å². The number of H-pyrrole nitrogens is 1. The third kappa shape index (κ3) is 1.35. The van der Waals surface area contributed by atoms with E-state index in [9.17, 15) is 0 Å². The van der Waals surface area contributed by atoms with Gasteiger partial charge < -0.3 is 9.55 Å². The average molecular weight is 206 g/mol. The van der Waals surface area contributed by atoms with Gasteiger partial charge in [0.1, 0.15) is 10.5 Å². The molecule has 0 fully saturated rings. The zero-order chi connectivity index (χ0) is 10.1. The fourth-order valence-electron chi connectivity index (χ4n) is 1.24. The summed E-state index contributed by atoms with van der Waals surface area (Å²) in [7, 11) is 1.92. The lowest BCUT2D eigenvalue weighted by molar-refractivity contribution is 0.864. The maximum Gasteiger partial charge on any atom is 0.166 e. The summed E-state index contributed by atoms with van der Waals surface area (Å²) in [6.07, 6.45) is 1.80. The van der Waals surface area contributed by atoms with Crippen molar-refractivity contribution in [2.75, 3.05) is 0 Å². The van der Waals surface area contributed by atoms with Crippen molar-refractivity contribution in [2.24, 2.45) is 7.05 Å². The van der Waals surface area contributed by atoms with Crippen LogP contribution in [-0.4, -0.2) is 19.7 Å². The maximum absolute atomic E-state index is 5.17. The minimum Gasteiger partial charge on any atom is -0.352 e. The van der Waals surface area contributed by atoms with Crippen LogP contribution in [0, 0.1) is 11.6 Å². The van der Waals surface area contributed by atoms with Crippen LogP contribution >= 0.6 is 12.2 Å². The van der Waals surface area contributed by atoms with Crippen LogP contribution in [0.3, 0.4) is 0 Å². The first-order valence-corrected chi connectivity index (χ1v) is 4.65. The molecule has 0 saturated carbocycles. The fourth-order valence-corrected chi connectivity index (χ4v) is 1.47. The van der Waals surface area contributed by atoms with Gasteiger partial charge in [-0.1, -0.05) is 12.2 Å². The number of nitrogens with one attached hydrogen (secondary N) is 1. The summed E-state index contributed by atoms with van der Waals surface area (Å²) in [5, 5.41) is 8.06. The normalized spacial score (nSPS) is 10.4. The Morgan fingerprint density at radius 2 is 2.21 bits per heavy atom. The second-order valence-electron chi connectivity index (χ2n) is 3.04. The Morgan fingerprint density at radius 1 is 1.43 bits per heavy atom. The molecule has 2 rings (SSSR count). The van der Waals surface area contributed by atoms with Gasteiger partial charge in [0.2, 0.25) is 0 Å². The number of rotatable bonds is 1. The van der Waals surface area contributed by atoms with Crippen molar-refractivity contribution in [1.82, 2.24) is 19.7 Å². The number of aromatic amines is 1. The van der Waals surface area contributed by atoms with Gasteiger partial charge in [-0.2, -0.15) is 0 Å². The zero-order valence-corrected chi connectivity index (χ0v) is 8.80. The molecule has 0 aromatic carbocycles. The third-order valence-corrected chi connectivity index (χ3v) is 2.49. The van der Waals surface area contributed by atoms with E-state index in [4.69, 9.17) is 12.2 Å². The highest BCUT2D eigenvalue weighted by Crippen LogP contribution is 2.16. The first-order valence-electron chi connectivity index (χ1n) is 4.24. The first-order chi connectivity index (χ1) is 6.70. The standard InChI is InChI=1S/C9H10N4S/c1-6-11-12-8(13(6)2)7-4-3-5-10-9(7)14/h3-5H,1-2H3,(H,10,14). The van der Waals surface area contributed by atoms with Crippen LogP contribution in [0.5, 0.6) is 0 Å². The van der Waals surface area contributed by atoms with E-state index in [0.717, 1.165) is 17.2 Å². The number of hydrogen-bond acceptors (Lipinski definition) is 3. The Kier molecular flexibility index (Phi) is 2.17. The Labute approximate surface area is 86.6 Å². The highest BCUT2D eigenvalue weighted by Gasteiger charge is 2.08. The van der Waals surface area contributed by atoms with E-state index in [-0.39, 0.29) is 0 Å². The van der Waals surface area contributed by atoms with Gasteiger partial charge in [-0.15, -0.1) is 10.2 Å². The van der Waals surface area contributed by atoms with E-state index >= 15 is 0 Å². The monoisotopic (exact) mass is 206 g/mol. The molecule has 0 atom stereocenters. The molecule has 0 spiro atoms. The molecule has 72 valence electrons. The van der Waals surface area contributed by atoms with Crippen LogP contribution in [0.4, 0.5) is 0 Å². The number of aryl methyl sites for hydroxylation is 1. The SMILES string of the molecule is Cc1nnc(-c2ccc[nH]c2=S)n1C. The minimum atomic E-state index is 0.683. The van der Waals surface area contributed by atoms with Crippen molar-refractivity contribution in [3.05, 3.63) is 28.8 Å². The zero-order valence-electron chi connectivity index (χ0n) is 7.98. The first kappa shape index (κ1) is 9.08. The van der Waals surface area contributed by atoms with Gasteiger partial charge in [0, 0.05) is 13.2 Å². The maximum atomic E-state index is 5.17. The smallest absolute Gasteiger partial charge is 0.166 e. The Bertz CT molecular complexity index is 512. The molecular weight excluding hydrogens is 196 g/mol. The molecule has 0 aliphatic carbocycles. The lowest BCUT2D eigenvalue weighted by atomic mass is 10.3. The molecular formula is C9H10N4S. The van der Waals surface area contributed by atoms with Crippen molar-refractivity contribution in [3.8, 4) is 11.4 Å². The van der Waals surface area contributed by atoms with Crippen LogP contribution < -0.4 is 0 Å². The summed E-state index contributed by atoms with van der Waals surface area (Å²) in [6.45, 7) is 1.91. The quantitative estimate of drug-likeness (QED) is 0.724. The van der Waals surface area contributed by atoms with Crippen molar-refractivity contribution >= 4 is 12.2 Å². The molecule has 4 nitrogen and oxygen atoms in total. The third-order valence-electron chi connectivity index (χ3n) is 2.15. The van der Waals surface area contributed by atoms with E-state index in [1.165, 1.54) is 0 Å². The lowest BCUT2D eigenvalue weighted by Gasteiger charge is -2.00. The lowest BCUT2D eigenvalue weighted by Crippen LogP contribution is -1.95. The molecule has 0 aliphatic rings. The van der Waals surface area contributed by atoms with Crippen molar-refractivity contribution < 1.29 is 0 Å². The molecule has 0 aliphatic heterocycles. The molecule has 0 saturated heterocycles.